The fraction of sp³-hybridized carbons (Fsp3) is 0.538. The zero-order valence-corrected chi connectivity index (χ0v) is 10.9. The maximum absolute atomic E-state index is 6.22. The third kappa shape index (κ3) is 3.39. The van der Waals surface area contributed by atoms with Crippen LogP contribution in [0.15, 0.2) is 18.2 Å². The van der Waals surface area contributed by atoms with Crippen molar-refractivity contribution in [3.05, 3.63) is 28.8 Å². The molecular weight excluding hydrogens is 220 g/mol. The van der Waals surface area contributed by atoms with Crippen molar-refractivity contribution in [3.8, 4) is 0 Å². The van der Waals surface area contributed by atoms with E-state index in [-0.39, 0.29) is 0 Å². The molecule has 0 aliphatic rings. The highest BCUT2D eigenvalue weighted by atomic mass is 35.5. The number of nitrogens with two attached hydrogens (primary N) is 1. The standard InChI is InChI=1S/C13H21ClN2/c1-3-4-5-9-16(2)13-11(10-15)7-6-8-12(13)14/h6-8H,3-5,9-10,15H2,1-2H3. The SMILES string of the molecule is CCCCCN(C)c1c(Cl)cccc1CN. The molecule has 0 saturated heterocycles. The van der Waals surface area contributed by atoms with Gasteiger partial charge in [0.15, 0.2) is 0 Å². The summed E-state index contributed by atoms with van der Waals surface area (Å²) in [4.78, 5) is 2.21. The first-order chi connectivity index (χ1) is 7.70. The van der Waals surface area contributed by atoms with Crippen molar-refractivity contribution in [1.82, 2.24) is 0 Å². The van der Waals surface area contributed by atoms with Crippen molar-refractivity contribution in [2.24, 2.45) is 5.73 Å². The van der Waals surface area contributed by atoms with Gasteiger partial charge in [0.1, 0.15) is 0 Å². The normalized spacial score (nSPS) is 10.5. The molecule has 0 aliphatic heterocycles. The summed E-state index contributed by atoms with van der Waals surface area (Å²) in [5, 5.41) is 0.793. The molecule has 1 aromatic rings. The van der Waals surface area contributed by atoms with Crippen LogP contribution in [-0.4, -0.2) is 13.6 Å². The molecule has 0 aliphatic carbocycles. The molecule has 0 heterocycles. The molecule has 0 unspecified atom stereocenters. The van der Waals surface area contributed by atoms with Gasteiger partial charge in [-0.15, -0.1) is 0 Å². The van der Waals surface area contributed by atoms with Crippen LogP contribution in [0.5, 0.6) is 0 Å². The van der Waals surface area contributed by atoms with Crippen molar-refractivity contribution >= 4 is 17.3 Å². The van der Waals surface area contributed by atoms with Crippen LogP contribution in [0, 0.1) is 0 Å². The van der Waals surface area contributed by atoms with Crippen LogP contribution in [0.1, 0.15) is 31.7 Å². The minimum absolute atomic E-state index is 0.536. The number of anilines is 1. The summed E-state index contributed by atoms with van der Waals surface area (Å²) in [5.74, 6) is 0. The number of nitrogens with zero attached hydrogens (tertiary/aromatic N) is 1. The molecule has 0 fully saturated rings. The van der Waals surface area contributed by atoms with E-state index in [1.807, 2.05) is 18.2 Å². The van der Waals surface area contributed by atoms with Crippen LogP contribution in [0.2, 0.25) is 5.02 Å². The monoisotopic (exact) mass is 240 g/mol. The average molecular weight is 241 g/mol. The molecule has 90 valence electrons. The van der Waals surface area contributed by atoms with E-state index in [0.717, 1.165) is 22.8 Å². The Hall–Kier alpha value is -0.730. The summed E-state index contributed by atoms with van der Waals surface area (Å²) < 4.78 is 0. The summed E-state index contributed by atoms with van der Waals surface area (Å²) >= 11 is 6.22. The Morgan fingerprint density at radius 1 is 1.31 bits per heavy atom. The molecule has 0 spiro atoms. The highest BCUT2D eigenvalue weighted by Gasteiger charge is 2.09. The Balaban J connectivity index is 2.76. The first-order valence-corrected chi connectivity index (χ1v) is 6.27. The van der Waals surface area contributed by atoms with Gasteiger partial charge in [0, 0.05) is 20.1 Å². The second-order valence-corrected chi connectivity index (χ2v) is 4.49. The number of halogens is 1. The molecule has 1 aromatic carbocycles. The molecule has 3 heteroatoms. The summed E-state index contributed by atoms with van der Waals surface area (Å²) in [6.07, 6.45) is 3.69. The molecular formula is C13H21ClN2. The summed E-state index contributed by atoms with van der Waals surface area (Å²) in [5.41, 5.74) is 7.93. The van der Waals surface area contributed by atoms with Gasteiger partial charge in [0.05, 0.1) is 10.7 Å². The zero-order valence-electron chi connectivity index (χ0n) is 10.2. The van der Waals surface area contributed by atoms with Gasteiger partial charge in [-0.1, -0.05) is 43.5 Å². The largest absolute Gasteiger partial charge is 0.373 e. The van der Waals surface area contributed by atoms with Crippen LogP contribution >= 0.6 is 11.6 Å². The van der Waals surface area contributed by atoms with E-state index in [2.05, 4.69) is 18.9 Å². The highest BCUT2D eigenvalue weighted by molar-refractivity contribution is 6.33. The van der Waals surface area contributed by atoms with Crippen molar-refractivity contribution < 1.29 is 0 Å². The fourth-order valence-corrected chi connectivity index (χ4v) is 2.20. The summed E-state index contributed by atoms with van der Waals surface area (Å²) in [6.45, 7) is 3.78. The van der Waals surface area contributed by atoms with Gasteiger partial charge >= 0.3 is 0 Å². The van der Waals surface area contributed by atoms with E-state index in [0.29, 0.717) is 6.54 Å². The van der Waals surface area contributed by atoms with Gasteiger partial charge in [0.25, 0.3) is 0 Å². The Morgan fingerprint density at radius 3 is 2.69 bits per heavy atom. The first kappa shape index (κ1) is 13.3. The van der Waals surface area contributed by atoms with E-state index in [1.54, 1.807) is 0 Å². The lowest BCUT2D eigenvalue weighted by molar-refractivity contribution is 0.703. The van der Waals surface area contributed by atoms with E-state index >= 15 is 0 Å². The van der Waals surface area contributed by atoms with Crippen molar-refractivity contribution in [1.29, 1.82) is 0 Å². The molecule has 0 saturated carbocycles. The lowest BCUT2D eigenvalue weighted by Gasteiger charge is -2.23. The number of rotatable bonds is 6. The van der Waals surface area contributed by atoms with E-state index < -0.39 is 0 Å². The van der Waals surface area contributed by atoms with Crippen molar-refractivity contribution in [2.75, 3.05) is 18.5 Å². The van der Waals surface area contributed by atoms with E-state index in [1.165, 1.54) is 19.3 Å². The molecule has 2 N–H and O–H groups in total. The number of unbranched alkanes of at least 4 members (excludes halogenated alkanes) is 2. The second-order valence-electron chi connectivity index (χ2n) is 4.08. The maximum Gasteiger partial charge on any atom is 0.0642 e. The van der Waals surface area contributed by atoms with Gasteiger partial charge < -0.3 is 10.6 Å². The Labute approximate surface area is 103 Å². The van der Waals surface area contributed by atoms with Crippen molar-refractivity contribution in [2.45, 2.75) is 32.7 Å². The third-order valence-electron chi connectivity index (χ3n) is 2.77. The zero-order chi connectivity index (χ0) is 12.0. The Kier molecular flexibility index (Phi) is 5.64. The van der Waals surface area contributed by atoms with Gasteiger partial charge in [-0.3, -0.25) is 0 Å². The minimum Gasteiger partial charge on any atom is -0.373 e. The predicted octanol–water partition coefficient (Wildman–Crippen LogP) is 3.43. The lowest BCUT2D eigenvalue weighted by Crippen LogP contribution is -2.21. The van der Waals surface area contributed by atoms with Gasteiger partial charge in [-0.2, -0.15) is 0 Å². The third-order valence-corrected chi connectivity index (χ3v) is 3.07. The highest BCUT2D eigenvalue weighted by Crippen LogP contribution is 2.29. The number of benzene rings is 1. The topological polar surface area (TPSA) is 29.3 Å². The summed E-state index contributed by atoms with van der Waals surface area (Å²) in [6, 6.07) is 5.91. The molecule has 0 bridgehead atoms. The van der Waals surface area contributed by atoms with Crippen LogP contribution < -0.4 is 10.6 Å². The molecule has 0 aromatic heterocycles. The molecule has 2 nitrogen and oxygen atoms in total. The second kappa shape index (κ2) is 6.77. The number of hydrogen-bond donors (Lipinski definition) is 1. The Morgan fingerprint density at radius 2 is 2.06 bits per heavy atom. The maximum atomic E-state index is 6.22. The quantitative estimate of drug-likeness (QED) is 0.772. The number of hydrogen-bond acceptors (Lipinski definition) is 2. The van der Waals surface area contributed by atoms with E-state index in [4.69, 9.17) is 17.3 Å². The Bertz CT molecular complexity index is 326. The lowest BCUT2D eigenvalue weighted by atomic mass is 10.1. The molecule has 1 rings (SSSR count). The van der Waals surface area contributed by atoms with Crippen LogP contribution in [0.25, 0.3) is 0 Å². The molecule has 0 amide bonds. The van der Waals surface area contributed by atoms with Crippen LogP contribution in [0.3, 0.4) is 0 Å². The first-order valence-electron chi connectivity index (χ1n) is 5.89. The van der Waals surface area contributed by atoms with Crippen LogP contribution in [0.4, 0.5) is 5.69 Å². The van der Waals surface area contributed by atoms with Gasteiger partial charge in [0.2, 0.25) is 0 Å². The van der Waals surface area contributed by atoms with E-state index in [9.17, 15) is 0 Å². The minimum atomic E-state index is 0.536. The molecule has 0 radical (unpaired) electrons. The van der Waals surface area contributed by atoms with Crippen molar-refractivity contribution in [3.63, 3.8) is 0 Å². The molecule has 16 heavy (non-hydrogen) atoms. The smallest absolute Gasteiger partial charge is 0.0642 e. The van der Waals surface area contributed by atoms with Gasteiger partial charge in [-0.25, -0.2) is 0 Å². The van der Waals surface area contributed by atoms with Crippen LogP contribution in [-0.2, 0) is 6.54 Å². The average Bonchev–Trinajstić information content (AvgIpc) is 2.28. The summed E-state index contributed by atoms with van der Waals surface area (Å²) in [7, 11) is 2.08. The van der Waals surface area contributed by atoms with Gasteiger partial charge in [-0.05, 0) is 18.1 Å². The molecule has 0 atom stereocenters. The number of para-hydroxylation sites is 1. The predicted molar refractivity (Wildman–Crippen MR) is 72.1 cm³/mol. The fourth-order valence-electron chi connectivity index (χ4n) is 1.86.